The van der Waals surface area contributed by atoms with Gasteiger partial charge in [-0.2, -0.15) is 0 Å². The molecule has 0 aliphatic heterocycles. The van der Waals surface area contributed by atoms with Crippen molar-refractivity contribution >= 4 is 11.5 Å². The molecule has 3 aliphatic carbocycles. The van der Waals surface area contributed by atoms with Crippen molar-refractivity contribution in [2.24, 2.45) is 22.4 Å². The Hall–Kier alpha value is -0.900. The van der Waals surface area contributed by atoms with Gasteiger partial charge in [0.15, 0.2) is 0 Å². The lowest BCUT2D eigenvalue weighted by molar-refractivity contribution is -0.113. The second-order valence-electron chi connectivity index (χ2n) is 9.82. The molecule has 160 valence electrons. The summed E-state index contributed by atoms with van der Waals surface area (Å²) in [4.78, 5) is 12.8. The lowest BCUT2D eigenvalue weighted by atomic mass is 9.85. The zero-order chi connectivity index (χ0) is 19.8. The molecule has 0 aromatic carbocycles. The van der Waals surface area contributed by atoms with Crippen LogP contribution in [-0.4, -0.2) is 29.3 Å². The largest absolute Gasteiger partial charge is 0.411 e. The first-order chi connectivity index (χ1) is 13.7. The SMILES string of the molecule is C/C(=N\O)C1CCCCC2C(=O)C2(CNC2CCCCCCCCC2)CCC1. The van der Waals surface area contributed by atoms with Gasteiger partial charge < -0.3 is 10.5 Å². The normalized spacial score (nSPS) is 34.5. The predicted octanol–water partition coefficient (Wildman–Crippen LogP) is 5.87. The van der Waals surface area contributed by atoms with Crippen LogP contribution in [0, 0.1) is 17.3 Å². The molecule has 4 heteroatoms. The minimum absolute atomic E-state index is 0.0819. The van der Waals surface area contributed by atoms with E-state index in [4.69, 9.17) is 5.21 Å². The van der Waals surface area contributed by atoms with Gasteiger partial charge in [-0.15, -0.1) is 0 Å². The Bertz CT molecular complexity index is 523. The van der Waals surface area contributed by atoms with Crippen LogP contribution in [0.4, 0.5) is 0 Å². The molecule has 0 spiro atoms. The molecule has 0 bridgehead atoms. The van der Waals surface area contributed by atoms with E-state index in [1.807, 2.05) is 6.92 Å². The molecule has 3 saturated carbocycles. The van der Waals surface area contributed by atoms with Crippen LogP contribution in [0.1, 0.15) is 110 Å². The average molecular weight is 391 g/mol. The minimum Gasteiger partial charge on any atom is -0.411 e. The Balaban J connectivity index is 1.55. The van der Waals surface area contributed by atoms with Crippen LogP contribution in [0.2, 0.25) is 0 Å². The Morgan fingerprint density at radius 3 is 2.18 bits per heavy atom. The number of ketones is 1. The first-order valence-electron chi connectivity index (χ1n) is 12.1. The van der Waals surface area contributed by atoms with Gasteiger partial charge in [0.05, 0.1) is 11.1 Å². The van der Waals surface area contributed by atoms with Crippen molar-refractivity contribution in [2.75, 3.05) is 6.54 Å². The second-order valence-corrected chi connectivity index (χ2v) is 9.82. The van der Waals surface area contributed by atoms with Crippen molar-refractivity contribution in [1.82, 2.24) is 5.32 Å². The maximum Gasteiger partial charge on any atom is 0.145 e. The molecule has 3 unspecified atom stereocenters. The van der Waals surface area contributed by atoms with Gasteiger partial charge in [-0.3, -0.25) is 4.79 Å². The van der Waals surface area contributed by atoms with Crippen molar-refractivity contribution < 1.29 is 10.0 Å². The zero-order valence-corrected chi connectivity index (χ0v) is 18.1. The molecule has 3 rings (SSSR count). The van der Waals surface area contributed by atoms with Crippen molar-refractivity contribution in [2.45, 2.75) is 116 Å². The Labute approximate surface area is 171 Å². The molecule has 0 heterocycles. The number of nitrogens with one attached hydrogen (secondary N) is 1. The third kappa shape index (κ3) is 5.58. The van der Waals surface area contributed by atoms with Gasteiger partial charge in [0.1, 0.15) is 5.78 Å². The molecule has 0 saturated heterocycles. The maximum atomic E-state index is 12.8. The molecule has 4 nitrogen and oxygen atoms in total. The third-order valence-electron chi connectivity index (χ3n) is 7.92. The summed E-state index contributed by atoms with van der Waals surface area (Å²) in [5, 5.41) is 16.5. The molecule has 3 atom stereocenters. The lowest BCUT2D eigenvalue weighted by Gasteiger charge is -2.25. The summed E-state index contributed by atoms with van der Waals surface area (Å²) in [6, 6.07) is 0.605. The number of oxime groups is 1. The third-order valence-corrected chi connectivity index (χ3v) is 7.92. The van der Waals surface area contributed by atoms with Crippen LogP contribution in [0.5, 0.6) is 0 Å². The maximum absolute atomic E-state index is 12.8. The first kappa shape index (κ1) is 21.8. The number of fused-ring (bicyclic) bond motifs is 1. The summed E-state index contributed by atoms with van der Waals surface area (Å²) in [5.41, 5.74) is 0.787. The van der Waals surface area contributed by atoms with Gasteiger partial charge in [-0.25, -0.2) is 0 Å². The molecule has 0 aromatic rings. The average Bonchev–Trinajstić information content (AvgIpc) is 3.28. The molecule has 0 amide bonds. The standard InChI is InChI=1S/C24H42N2O2/c1-19(26-28)20-12-9-10-16-22-23(27)24(22,17-11-13-20)18-25-21-14-7-5-3-2-4-6-8-15-21/h20-22,25,28H,2-18H2,1H3/b26-19+. The molecule has 28 heavy (non-hydrogen) atoms. The van der Waals surface area contributed by atoms with Crippen LogP contribution < -0.4 is 5.32 Å². The smallest absolute Gasteiger partial charge is 0.145 e. The molecule has 2 N–H and O–H groups in total. The summed E-state index contributed by atoms with van der Waals surface area (Å²) in [6.45, 7) is 2.84. The van der Waals surface area contributed by atoms with Gasteiger partial charge in [0.2, 0.25) is 0 Å². The van der Waals surface area contributed by atoms with Crippen molar-refractivity contribution in [3.05, 3.63) is 0 Å². The highest BCUT2D eigenvalue weighted by molar-refractivity contribution is 6.04. The summed E-state index contributed by atoms with van der Waals surface area (Å²) < 4.78 is 0. The Morgan fingerprint density at radius 1 is 0.929 bits per heavy atom. The number of hydrogen-bond acceptors (Lipinski definition) is 4. The topological polar surface area (TPSA) is 61.7 Å². The monoisotopic (exact) mass is 390 g/mol. The van der Waals surface area contributed by atoms with E-state index in [0.29, 0.717) is 23.7 Å². The fourth-order valence-corrected chi connectivity index (χ4v) is 5.85. The fourth-order valence-electron chi connectivity index (χ4n) is 5.85. The van der Waals surface area contributed by atoms with Crippen LogP contribution in [0.25, 0.3) is 0 Å². The fraction of sp³-hybridized carbons (Fsp3) is 0.917. The van der Waals surface area contributed by atoms with E-state index in [1.165, 1.54) is 57.8 Å². The number of carbonyl (C=O) groups excluding carboxylic acids is 1. The summed E-state index contributed by atoms with van der Waals surface area (Å²) in [7, 11) is 0. The molecular formula is C24H42N2O2. The highest BCUT2D eigenvalue weighted by Crippen LogP contribution is 2.54. The van der Waals surface area contributed by atoms with E-state index in [0.717, 1.165) is 57.2 Å². The minimum atomic E-state index is -0.0819. The first-order valence-corrected chi connectivity index (χ1v) is 12.1. The number of Topliss-reactive ketones (excluding diaryl/α,β-unsaturated/α-hetero) is 1. The molecule has 3 fully saturated rings. The van der Waals surface area contributed by atoms with Crippen LogP contribution in [-0.2, 0) is 4.79 Å². The lowest BCUT2D eigenvalue weighted by Crippen LogP contribution is -2.36. The highest BCUT2D eigenvalue weighted by atomic mass is 16.4. The number of hydrogen-bond donors (Lipinski definition) is 2. The number of carbonyl (C=O) groups is 1. The quantitative estimate of drug-likeness (QED) is 0.359. The summed E-state index contributed by atoms with van der Waals surface area (Å²) in [5.74, 6) is 1.23. The second kappa shape index (κ2) is 10.8. The number of nitrogens with zero attached hydrogens (tertiary/aromatic N) is 1. The number of rotatable bonds is 4. The van der Waals surface area contributed by atoms with E-state index in [2.05, 4.69) is 10.5 Å². The Kier molecular flexibility index (Phi) is 8.37. The molecule has 3 aliphatic rings. The summed E-state index contributed by atoms with van der Waals surface area (Å²) >= 11 is 0. The van der Waals surface area contributed by atoms with E-state index in [-0.39, 0.29) is 5.41 Å². The molecular weight excluding hydrogens is 348 g/mol. The van der Waals surface area contributed by atoms with E-state index in [9.17, 15) is 4.79 Å². The van der Waals surface area contributed by atoms with E-state index in [1.54, 1.807) is 0 Å². The van der Waals surface area contributed by atoms with Gasteiger partial charge >= 0.3 is 0 Å². The van der Waals surface area contributed by atoms with E-state index < -0.39 is 0 Å². The van der Waals surface area contributed by atoms with Gasteiger partial charge in [0.25, 0.3) is 0 Å². The van der Waals surface area contributed by atoms with E-state index >= 15 is 0 Å². The molecule has 0 aromatic heterocycles. The summed E-state index contributed by atoms with van der Waals surface area (Å²) in [6.07, 6.45) is 19.8. The van der Waals surface area contributed by atoms with Crippen LogP contribution in [0.15, 0.2) is 5.16 Å². The molecule has 0 radical (unpaired) electrons. The Morgan fingerprint density at radius 2 is 1.50 bits per heavy atom. The zero-order valence-electron chi connectivity index (χ0n) is 18.1. The highest BCUT2D eigenvalue weighted by Gasteiger charge is 2.62. The van der Waals surface area contributed by atoms with Gasteiger partial charge in [-0.05, 0) is 45.4 Å². The van der Waals surface area contributed by atoms with Gasteiger partial charge in [-0.1, -0.05) is 69.4 Å². The van der Waals surface area contributed by atoms with Crippen molar-refractivity contribution in [3.8, 4) is 0 Å². The van der Waals surface area contributed by atoms with Crippen molar-refractivity contribution in [3.63, 3.8) is 0 Å². The van der Waals surface area contributed by atoms with Crippen molar-refractivity contribution in [1.29, 1.82) is 0 Å². The predicted molar refractivity (Wildman–Crippen MR) is 115 cm³/mol. The van der Waals surface area contributed by atoms with Gasteiger partial charge in [0, 0.05) is 24.4 Å². The van der Waals surface area contributed by atoms with Crippen LogP contribution >= 0.6 is 0 Å². The van der Waals surface area contributed by atoms with Crippen LogP contribution in [0.3, 0.4) is 0 Å².